The third-order valence-corrected chi connectivity index (χ3v) is 2.73. The van der Waals surface area contributed by atoms with E-state index < -0.39 is 6.23 Å². The number of hydrogen-bond donors (Lipinski definition) is 0. The van der Waals surface area contributed by atoms with Gasteiger partial charge >= 0.3 is 0 Å². The summed E-state index contributed by atoms with van der Waals surface area (Å²) >= 11 is 0. The van der Waals surface area contributed by atoms with Gasteiger partial charge in [0.2, 0.25) is 0 Å². The fraction of sp³-hybridized carbons (Fsp3) is 0.500. The summed E-state index contributed by atoms with van der Waals surface area (Å²) in [6.07, 6.45) is -0.420. The second-order valence-electron chi connectivity index (χ2n) is 4.72. The van der Waals surface area contributed by atoms with E-state index in [0.29, 0.717) is 24.7 Å². The van der Waals surface area contributed by atoms with Crippen LogP contribution in [0.2, 0.25) is 0 Å². The molecule has 2 rings (SSSR count). The molecule has 0 saturated carbocycles. The van der Waals surface area contributed by atoms with E-state index in [4.69, 9.17) is 9.57 Å². The molecule has 0 saturated heterocycles. The van der Waals surface area contributed by atoms with Gasteiger partial charge < -0.3 is 4.74 Å². The molecule has 0 bridgehead atoms. The van der Waals surface area contributed by atoms with Crippen molar-refractivity contribution in [3.63, 3.8) is 0 Å². The van der Waals surface area contributed by atoms with Crippen LogP contribution in [0, 0.1) is 5.92 Å². The van der Waals surface area contributed by atoms with E-state index in [9.17, 15) is 4.79 Å². The van der Waals surface area contributed by atoms with Crippen LogP contribution in [0.25, 0.3) is 0 Å². The van der Waals surface area contributed by atoms with Gasteiger partial charge in [-0.3, -0.25) is 9.63 Å². The number of ether oxygens (including phenoxy) is 1. The minimum atomic E-state index is -0.420. The number of carbonyl (C=O) groups is 1. The summed E-state index contributed by atoms with van der Waals surface area (Å²) in [7, 11) is 0. The third kappa shape index (κ3) is 2.40. The number of fused-ring (bicyclic) bond motifs is 1. The second-order valence-corrected chi connectivity index (χ2v) is 4.72. The van der Waals surface area contributed by atoms with Crippen LogP contribution in [0.4, 0.5) is 0 Å². The Morgan fingerprint density at radius 3 is 2.72 bits per heavy atom. The summed E-state index contributed by atoms with van der Waals surface area (Å²) in [4.78, 5) is 17.6. The highest BCUT2D eigenvalue weighted by molar-refractivity contribution is 5.98. The minimum Gasteiger partial charge on any atom is -0.351 e. The van der Waals surface area contributed by atoms with Crippen molar-refractivity contribution in [2.45, 2.75) is 27.0 Å². The number of hydroxylamine groups is 2. The highest BCUT2D eigenvalue weighted by Gasteiger charge is 2.38. The molecule has 0 aliphatic carbocycles. The molecule has 18 heavy (non-hydrogen) atoms. The molecule has 1 aromatic carbocycles. The van der Waals surface area contributed by atoms with Gasteiger partial charge in [0.1, 0.15) is 0 Å². The molecule has 0 fully saturated rings. The molecule has 1 unspecified atom stereocenters. The van der Waals surface area contributed by atoms with Gasteiger partial charge in [-0.25, -0.2) is 0 Å². The maximum atomic E-state index is 12.2. The summed E-state index contributed by atoms with van der Waals surface area (Å²) in [5, 5.41) is 1.34. The van der Waals surface area contributed by atoms with E-state index in [0.717, 1.165) is 5.56 Å². The number of carbonyl (C=O) groups excluding carboxylic acids is 1. The molecule has 0 aromatic heterocycles. The predicted molar refractivity (Wildman–Crippen MR) is 67.8 cm³/mol. The van der Waals surface area contributed by atoms with E-state index in [1.54, 1.807) is 0 Å². The van der Waals surface area contributed by atoms with Gasteiger partial charge in [-0.05, 0) is 18.9 Å². The van der Waals surface area contributed by atoms with Crippen molar-refractivity contribution in [2.24, 2.45) is 5.92 Å². The van der Waals surface area contributed by atoms with Crippen LogP contribution in [-0.4, -0.2) is 24.2 Å². The van der Waals surface area contributed by atoms with Crippen LogP contribution in [0.15, 0.2) is 24.3 Å². The minimum absolute atomic E-state index is 0.124. The molecular formula is C14H19NO3. The summed E-state index contributed by atoms with van der Waals surface area (Å²) in [5.41, 5.74) is 1.55. The maximum absolute atomic E-state index is 12.2. The Kier molecular flexibility index (Phi) is 3.99. The maximum Gasteiger partial charge on any atom is 0.280 e. The number of amides is 1. The first-order chi connectivity index (χ1) is 8.65. The average molecular weight is 249 g/mol. The third-order valence-electron chi connectivity index (χ3n) is 2.73. The number of nitrogens with zero attached hydrogens (tertiary/aromatic N) is 1. The molecule has 0 N–H and O–H groups in total. The Labute approximate surface area is 107 Å². The molecule has 0 radical (unpaired) electrons. The normalized spacial score (nSPS) is 18.6. The van der Waals surface area contributed by atoms with Crippen molar-refractivity contribution in [3.8, 4) is 0 Å². The molecule has 1 aliphatic rings. The second kappa shape index (κ2) is 5.50. The average Bonchev–Trinajstić information content (AvgIpc) is 2.62. The Hall–Kier alpha value is -1.39. The van der Waals surface area contributed by atoms with Crippen molar-refractivity contribution >= 4 is 5.91 Å². The highest BCUT2D eigenvalue weighted by Crippen LogP contribution is 2.34. The van der Waals surface area contributed by atoms with E-state index in [1.165, 1.54) is 5.06 Å². The standard InChI is InChI=1S/C14H19NO3/c1-4-18-15-13(16)11-7-5-6-8-12(11)14(15)17-9-10(2)3/h5-8,10,14H,4,9H2,1-3H3. The topological polar surface area (TPSA) is 38.8 Å². The molecule has 4 nitrogen and oxygen atoms in total. The monoisotopic (exact) mass is 249 g/mol. The number of benzene rings is 1. The smallest absolute Gasteiger partial charge is 0.280 e. The van der Waals surface area contributed by atoms with E-state index in [1.807, 2.05) is 31.2 Å². The van der Waals surface area contributed by atoms with Crippen molar-refractivity contribution in [2.75, 3.05) is 13.2 Å². The quantitative estimate of drug-likeness (QED) is 0.805. The summed E-state index contributed by atoms with van der Waals surface area (Å²) in [5.74, 6) is 0.289. The molecule has 1 atom stereocenters. The first-order valence-electron chi connectivity index (χ1n) is 6.32. The molecule has 4 heteroatoms. The van der Waals surface area contributed by atoms with Gasteiger partial charge in [-0.15, -0.1) is 0 Å². The van der Waals surface area contributed by atoms with E-state index in [2.05, 4.69) is 13.8 Å². The van der Waals surface area contributed by atoms with Crippen LogP contribution in [-0.2, 0) is 9.57 Å². The summed E-state index contributed by atoms with van der Waals surface area (Å²) in [6.45, 7) is 7.05. The predicted octanol–water partition coefficient (Wildman–Crippen LogP) is 2.77. The summed E-state index contributed by atoms with van der Waals surface area (Å²) < 4.78 is 5.81. The van der Waals surface area contributed by atoms with E-state index >= 15 is 0 Å². The van der Waals surface area contributed by atoms with Crippen molar-refractivity contribution < 1.29 is 14.4 Å². The fourth-order valence-electron chi connectivity index (χ4n) is 1.97. The summed E-state index contributed by atoms with van der Waals surface area (Å²) in [6, 6.07) is 7.48. The molecule has 1 aliphatic heterocycles. The van der Waals surface area contributed by atoms with Crippen molar-refractivity contribution in [1.82, 2.24) is 5.06 Å². The lowest BCUT2D eigenvalue weighted by Gasteiger charge is -2.24. The first kappa shape index (κ1) is 13.1. The molecule has 0 spiro atoms. The molecule has 1 amide bonds. The lowest BCUT2D eigenvalue weighted by atomic mass is 10.1. The lowest BCUT2D eigenvalue weighted by Crippen LogP contribution is -2.30. The molecular weight excluding hydrogens is 230 g/mol. The Morgan fingerprint density at radius 1 is 1.33 bits per heavy atom. The Balaban J connectivity index is 2.25. The highest BCUT2D eigenvalue weighted by atomic mass is 16.7. The zero-order chi connectivity index (χ0) is 13.1. The molecule has 1 aromatic rings. The van der Waals surface area contributed by atoms with Gasteiger partial charge in [-0.1, -0.05) is 32.0 Å². The zero-order valence-corrected chi connectivity index (χ0v) is 11.1. The largest absolute Gasteiger partial charge is 0.351 e. The lowest BCUT2D eigenvalue weighted by molar-refractivity contribution is -0.215. The van der Waals surface area contributed by atoms with Crippen LogP contribution in [0.5, 0.6) is 0 Å². The van der Waals surface area contributed by atoms with Crippen LogP contribution < -0.4 is 0 Å². The van der Waals surface area contributed by atoms with Crippen LogP contribution in [0.1, 0.15) is 42.9 Å². The Bertz CT molecular complexity index is 431. The van der Waals surface area contributed by atoms with Crippen LogP contribution in [0.3, 0.4) is 0 Å². The number of rotatable bonds is 5. The first-order valence-corrected chi connectivity index (χ1v) is 6.32. The van der Waals surface area contributed by atoms with Crippen molar-refractivity contribution in [3.05, 3.63) is 35.4 Å². The number of hydrogen-bond acceptors (Lipinski definition) is 3. The van der Waals surface area contributed by atoms with Gasteiger partial charge in [0.25, 0.3) is 5.91 Å². The molecule has 98 valence electrons. The zero-order valence-electron chi connectivity index (χ0n) is 11.1. The fourth-order valence-corrected chi connectivity index (χ4v) is 1.97. The Morgan fingerprint density at radius 2 is 2.06 bits per heavy atom. The SMILES string of the molecule is CCON1C(=O)c2ccccc2C1OCC(C)C. The van der Waals surface area contributed by atoms with Gasteiger partial charge in [0.05, 0.1) is 13.2 Å². The van der Waals surface area contributed by atoms with Crippen LogP contribution >= 0.6 is 0 Å². The van der Waals surface area contributed by atoms with Crippen molar-refractivity contribution in [1.29, 1.82) is 0 Å². The van der Waals surface area contributed by atoms with Gasteiger partial charge in [-0.2, -0.15) is 5.06 Å². The van der Waals surface area contributed by atoms with Gasteiger partial charge in [0.15, 0.2) is 6.23 Å². The molecule has 1 heterocycles. The van der Waals surface area contributed by atoms with Gasteiger partial charge in [0, 0.05) is 11.1 Å². The van der Waals surface area contributed by atoms with E-state index in [-0.39, 0.29) is 5.91 Å².